The Morgan fingerprint density at radius 2 is 1.33 bits per heavy atom. The fourth-order valence-corrected chi connectivity index (χ4v) is 6.52. The van der Waals surface area contributed by atoms with Crippen molar-refractivity contribution in [1.82, 2.24) is 46.9 Å². The molecule has 0 spiro atoms. The Morgan fingerprint density at radius 1 is 0.727 bits per heavy atom. The van der Waals surface area contributed by atoms with Gasteiger partial charge in [-0.3, -0.25) is 28.8 Å². The number of para-hydroxylation sites is 1. The van der Waals surface area contributed by atoms with Crippen LogP contribution in [-0.2, 0) is 41.6 Å². The van der Waals surface area contributed by atoms with Crippen molar-refractivity contribution in [3.8, 4) is 0 Å². The molecule has 0 aliphatic carbocycles. The van der Waals surface area contributed by atoms with Crippen molar-refractivity contribution in [2.24, 2.45) is 17.6 Å². The van der Waals surface area contributed by atoms with E-state index in [1.54, 1.807) is 13.1 Å². The number of unbranched alkanes of at least 4 members (excludes halogenated alkanes) is 1. The number of hydrogen-bond acceptors (Lipinski definition) is 9. The standard InChI is InChI=1S/C38H56N10O7/c1-5-22(4)32-38(55)46-29(15-23-17-41-26-11-7-6-10-25(23)26)34(51)45-30(16-24-18-40-20-42-24)35(52)47-31(19-49)37(54)43-27(12-8-9-13-39)33(50)44-28(14-21(2)3)36(53)48-32/h6-7,10-11,17-18,20-22,27-32,41,49H,5,8-9,12-16,19,39H2,1-4H3,(H,40,42)(H,43,54)(H,44,50)(H,45,51)(H,46,55)(H,47,52)(H,48,53)/t22-,27-,28-,29-,30-,31-,32-/m0/s1. The van der Waals surface area contributed by atoms with Crippen molar-refractivity contribution in [3.63, 3.8) is 0 Å². The van der Waals surface area contributed by atoms with Crippen molar-refractivity contribution >= 4 is 46.3 Å². The third kappa shape index (κ3) is 11.8. The highest BCUT2D eigenvalue weighted by Crippen LogP contribution is 2.20. The number of aromatic nitrogens is 3. The molecular formula is C38H56N10O7. The maximum absolute atomic E-state index is 14.3. The molecule has 1 aliphatic heterocycles. The molecule has 17 heteroatoms. The van der Waals surface area contributed by atoms with Crippen LogP contribution in [0.1, 0.15) is 71.1 Å². The molecule has 300 valence electrons. The summed E-state index contributed by atoms with van der Waals surface area (Å²) in [5, 5.41) is 27.4. The SMILES string of the molecule is CC[C@H](C)[C@@H]1NC(=O)[C@H](CC(C)C)NC(=O)[C@H](CCCCN)NC(=O)[C@H](CO)NC(=O)[C@H](Cc2cnc[nH]2)NC(=O)[C@H](Cc2c[nH]c3ccccc23)NC1=O. The van der Waals surface area contributed by atoms with Crippen LogP contribution in [0.3, 0.4) is 0 Å². The molecule has 0 saturated carbocycles. The van der Waals surface area contributed by atoms with E-state index in [9.17, 15) is 33.9 Å². The van der Waals surface area contributed by atoms with Crippen LogP contribution in [0.15, 0.2) is 43.0 Å². The molecular weight excluding hydrogens is 708 g/mol. The van der Waals surface area contributed by atoms with E-state index in [1.165, 1.54) is 12.5 Å². The van der Waals surface area contributed by atoms with Crippen molar-refractivity contribution < 1.29 is 33.9 Å². The average molecular weight is 765 g/mol. The summed E-state index contributed by atoms with van der Waals surface area (Å²) in [5.41, 5.74) is 7.71. The van der Waals surface area contributed by atoms with E-state index in [0.29, 0.717) is 31.5 Å². The lowest BCUT2D eigenvalue weighted by Gasteiger charge is -2.30. The number of nitrogens with zero attached hydrogens (tertiary/aromatic N) is 1. The second-order valence-corrected chi connectivity index (χ2v) is 14.6. The maximum atomic E-state index is 14.3. The number of carbonyl (C=O) groups excluding carboxylic acids is 6. The predicted octanol–water partition coefficient (Wildman–Crippen LogP) is -0.188. The zero-order valence-electron chi connectivity index (χ0n) is 31.9. The molecule has 7 atom stereocenters. The highest BCUT2D eigenvalue weighted by atomic mass is 16.3. The highest BCUT2D eigenvalue weighted by molar-refractivity contribution is 5.98. The van der Waals surface area contributed by atoms with E-state index in [-0.39, 0.29) is 37.5 Å². The van der Waals surface area contributed by atoms with Gasteiger partial charge in [0.15, 0.2) is 0 Å². The zero-order valence-corrected chi connectivity index (χ0v) is 31.9. The lowest BCUT2D eigenvalue weighted by Crippen LogP contribution is -2.63. The van der Waals surface area contributed by atoms with E-state index >= 15 is 0 Å². The van der Waals surface area contributed by atoms with Crippen molar-refractivity contribution in [2.75, 3.05) is 13.2 Å². The molecule has 6 amide bonds. The van der Waals surface area contributed by atoms with Crippen LogP contribution in [0.4, 0.5) is 0 Å². The Labute approximate surface area is 320 Å². The van der Waals surface area contributed by atoms with Crippen LogP contribution in [0.25, 0.3) is 10.9 Å². The molecule has 0 unspecified atom stereocenters. The number of benzene rings is 1. The minimum atomic E-state index is -1.51. The molecule has 1 saturated heterocycles. The third-order valence-corrected chi connectivity index (χ3v) is 9.87. The molecule has 11 N–H and O–H groups in total. The van der Waals surface area contributed by atoms with Gasteiger partial charge in [-0.1, -0.05) is 52.3 Å². The molecule has 3 heterocycles. The topological polar surface area (TPSA) is 265 Å². The molecule has 1 aromatic carbocycles. The number of rotatable bonds is 13. The molecule has 4 rings (SSSR count). The highest BCUT2D eigenvalue weighted by Gasteiger charge is 2.36. The smallest absolute Gasteiger partial charge is 0.245 e. The van der Waals surface area contributed by atoms with E-state index in [2.05, 4.69) is 46.9 Å². The van der Waals surface area contributed by atoms with Gasteiger partial charge in [0.2, 0.25) is 35.4 Å². The van der Waals surface area contributed by atoms with Crippen molar-refractivity contribution in [2.45, 2.75) is 109 Å². The molecule has 3 aromatic rings. The number of nitrogens with two attached hydrogens (primary N) is 1. The summed E-state index contributed by atoms with van der Waals surface area (Å²) in [6, 6.07) is 0.0958. The number of aliphatic hydroxyl groups excluding tert-OH is 1. The van der Waals surface area contributed by atoms with Crippen molar-refractivity contribution in [1.29, 1.82) is 0 Å². The summed E-state index contributed by atoms with van der Waals surface area (Å²) in [5.74, 6) is -4.67. The maximum Gasteiger partial charge on any atom is 0.245 e. The van der Waals surface area contributed by atoms with Gasteiger partial charge in [0.05, 0.1) is 12.9 Å². The number of imidazole rings is 1. The second-order valence-electron chi connectivity index (χ2n) is 14.6. The normalized spacial score (nSPS) is 24.2. The number of fused-ring (bicyclic) bond motifs is 1. The summed E-state index contributed by atoms with van der Waals surface area (Å²) < 4.78 is 0. The number of H-pyrrole nitrogens is 2. The molecule has 2 aromatic heterocycles. The van der Waals surface area contributed by atoms with Crippen LogP contribution >= 0.6 is 0 Å². The van der Waals surface area contributed by atoms with Crippen LogP contribution in [0, 0.1) is 11.8 Å². The fraction of sp³-hybridized carbons (Fsp3) is 0.553. The molecule has 17 nitrogen and oxygen atoms in total. The number of hydrogen-bond donors (Lipinski definition) is 10. The summed E-state index contributed by atoms with van der Waals surface area (Å²) >= 11 is 0. The summed E-state index contributed by atoms with van der Waals surface area (Å²) in [7, 11) is 0. The van der Waals surface area contributed by atoms with Gasteiger partial charge < -0.3 is 52.7 Å². The number of aliphatic hydroxyl groups is 1. The average Bonchev–Trinajstić information content (AvgIpc) is 3.83. The summed E-state index contributed by atoms with van der Waals surface area (Å²) in [6.07, 6.45) is 6.43. The van der Waals surface area contributed by atoms with Crippen molar-refractivity contribution in [3.05, 3.63) is 54.2 Å². The molecule has 1 aliphatic rings. The van der Waals surface area contributed by atoms with Crippen LogP contribution < -0.4 is 37.6 Å². The van der Waals surface area contributed by atoms with E-state index in [1.807, 2.05) is 45.0 Å². The minimum Gasteiger partial charge on any atom is -0.394 e. The largest absolute Gasteiger partial charge is 0.394 e. The molecule has 55 heavy (non-hydrogen) atoms. The van der Waals surface area contributed by atoms with Gasteiger partial charge in [0.25, 0.3) is 0 Å². The van der Waals surface area contributed by atoms with Gasteiger partial charge in [0, 0.05) is 41.8 Å². The quantitative estimate of drug-likeness (QED) is 0.103. The fourth-order valence-electron chi connectivity index (χ4n) is 6.52. The first-order valence-electron chi connectivity index (χ1n) is 19.0. The third-order valence-electron chi connectivity index (χ3n) is 9.87. The Hall–Kier alpha value is -5.29. The van der Waals surface area contributed by atoms with E-state index in [4.69, 9.17) is 5.73 Å². The predicted molar refractivity (Wildman–Crippen MR) is 205 cm³/mol. The monoisotopic (exact) mass is 764 g/mol. The zero-order chi connectivity index (χ0) is 40.1. The van der Waals surface area contributed by atoms with Gasteiger partial charge >= 0.3 is 0 Å². The Kier molecular flexibility index (Phi) is 15.8. The number of carbonyl (C=O) groups is 6. The lowest BCUT2D eigenvalue weighted by atomic mass is 9.95. The molecule has 0 bridgehead atoms. The summed E-state index contributed by atoms with van der Waals surface area (Å²) in [6.45, 7) is 6.95. The van der Waals surface area contributed by atoms with Gasteiger partial charge in [-0.15, -0.1) is 0 Å². The Morgan fingerprint density at radius 3 is 1.98 bits per heavy atom. The molecule has 0 radical (unpaired) electrons. The summed E-state index contributed by atoms with van der Waals surface area (Å²) in [4.78, 5) is 93.9. The lowest BCUT2D eigenvalue weighted by molar-refractivity contribution is -0.137. The van der Waals surface area contributed by atoms with Crippen LogP contribution in [0.2, 0.25) is 0 Å². The second kappa shape index (κ2) is 20.4. The minimum absolute atomic E-state index is 0.0143. The van der Waals surface area contributed by atoms with Gasteiger partial charge in [0.1, 0.15) is 36.3 Å². The van der Waals surface area contributed by atoms with Gasteiger partial charge in [-0.2, -0.15) is 0 Å². The van der Waals surface area contributed by atoms with E-state index < -0.39 is 78.3 Å². The Balaban J connectivity index is 1.78. The first-order valence-corrected chi connectivity index (χ1v) is 19.0. The van der Waals surface area contributed by atoms with Crippen LogP contribution in [0.5, 0.6) is 0 Å². The molecule has 1 fully saturated rings. The van der Waals surface area contributed by atoms with Gasteiger partial charge in [-0.05, 0) is 55.7 Å². The first-order chi connectivity index (χ1) is 26.3. The van der Waals surface area contributed by atoms with E-state index in [0.717, 1.165) is 16.5 Å². The number of amides is 6. The number of aromatic amines is 2. The van der Waals surface area contributed by atoms with Crippen LogP contribution in [-0.4, -0.2) is 105 Å². The Bertz CT molecular complexity index is 1760. The van der Waals surface area contributed by atoms with Gasteiger partial charge in [-0.25, -0.2) is 4.98 Å². The number of nitrogens with one attached hydrogen (secondary N) is 8. The first kappa shape index (κ1) is 42.5.